The molecular formula is C19H19BrFN7O. The SMILES string of the molecule is O=C(c1n[nH]nc1-c1ccc(F)cc1)N1CCCC[C@H]1CNc1ncc(Br)cn1. The van der Waals surface area contributed by atoms with Crippen molar-refractivity contribution in [2.24, 2.45) is 0 Å². The van der Waals surface area contributed by atoms with Gasteiger partial charge in [0.2, 0.25) is 5.95 Å². The van der Waals surface area contributed by atoms with E-state index in [0.717, 1.165) is 23.7 Å². The number of hydrogen-bond acceptors (Lipinski definition) is 6. The van der Waals surface area contributed by atoms with Crippen molar-refractivity contribution >= 4 is 27.8 Å². The molecule has 1 saturated heterocycles. The molecule has 1 aliphatic rings. The highest BCUT2D eigenvalue weighted by molar-refractivity contribution is 9.10. The molecule has 3 heterocycles. The Hall–Kier alpha value is -2.88. The van der Waals surface area contributed by atoms with E-state index in [1.165, 1.54) is 12.1 Å². The Morgan fingerprint density at radius 1 is 1.21 bits per heavy atom. The minimum atomic E-state index is -0.345. The van der Waals surface area contributed by atoms with Crippen LogP contribution >= 0.6 is 15.9 Å². The van der Waals surface area contributed by atoms with Crippen LogP contribution < -0.4 is 5.32 Å². The van der Waals surface area contributed by atoms with E-state index in [1.807, 2.05) is 4.90 Å². The molecule has 10 heteroatoms. The highest BCUT2D eigenvalue weighted by atomic mass is 79.9. The molecule has 1 amide bonds. The molecular weight excluding hydrogens is 441 g/mol. The lowest BCUT2D eigenvalue weighted by Gasteiger charge is -2.35. The summed E-state index contributed by atoms with van der Waals surface area (Å²) < 4.78 is 14.0. The first kappa shape index (κ1) is 19.4. The van der Waals surface area contributed by atoms with E-state index < -0.39 is 0 Å². The molecule has 0 saturated carbocycles. The van der Waals surface area contributed by atoms with Crippen LogP contribution in [0.5, 0.6) is 0 Å². The third kappa shape index (κ3) is 4.42. The first-order valence-corrected chi connectivity index (χ1v) is 10.1. The van der Waals surface area contributed by atoms with Gasteiger partial charge in [-0.15, -0.1) is 0 Å². The predicted molar refractivity (Wildman–Crippen MR) is 109 cm³/mol. The summed E-state index contributed by atoms with van der Waals surface area (Å²) in [6.45, 7) is 1.18. The molecule has 1 aromatic carbocycles. The van der Waals surface area contributed by atoms with Crippen LogP contribution in [0, 0.1) is 5.82 Å². The highest BCUT2D eigenvalue weighted by Gasteiger charge is 2.31. The van der Waals surface area contributed by atoms with Gasteiger partial charge in [-0.2, -0.15) is 15.4 Å². The van der Waals surface area contributed by atoms with Gasteiger partial charge < -0.3 is 10.2 Å². The maximum atomic E-state index is 13.3. The second-order valence-electron chi connectivity index (χ2n) is 6.78. The first-order chi connectivity index (χ1) is 14.1. The number of aromatic amines is 1. The lowest BCUT2D eigenvalue weighted by molar-refractivity contribution is 0.0623. The van der Waals surface area contributed by atoms with E-state index >= 15 is 0 Å². The van der Waals surface area contributed by atoms with E-state index in [2.05, 4.69) is 46.6 Å². The fraction of sp³-hybridized carbons (Fsp3) is 0.316. The number of nitrogens with one attached hydrogen (secondary N) is 2. The lowest BCUT2D eigenvalue weighted by atomic mass is 10.0. The van der Waals surface area contributed by atoms with Crippen molar-refractivity contribution < 1.29 is 9.18 Å². The van der Waals surface area contributed by atoms with Gasteiger partial charge in [0.25, 0.3) is 5.91 Å². The average Bonchev–Trinajstić information content (AvgIpc) is 3.23. The number of anilines is 1. The maximum Gasteiger partial charge on any atom is 0.277 e. The van der Waals surface area contributed by atoms with Gasteiger partial charge >= 0.3 is 0 Å². The standard InChI is InChI=1S/C19H19BrFN7O/c20-13-9-22-19(23-10-13)24-11-15-3-1-2-8-28(15)18(29)17-16(25-27-26-17)12-4-6-14(21)7-5-12/h4-7,9-10,15H,1-3,8,11H2,(H,22,23,24)(H,25,26,27)/t15-/m0/s1. The van der Waals surface area contributed by atoms with Crippen LogP contribution in [-0.4, -0.2) is 55.3 Å². The van der Waals surface area contributed by atoms with Crippen LogP contribution in [0.25, 0.3) is 11.3 Å². The summed E-state index contributed by atoms with van der Waals surface area (Å²) in [4.78, 5) is 23.5. The van der Waals surface area contributed by atoms with Gasteiger partial charge in [0.05, 0.1) is 4.47 Å². The van der Waals surface area contributed by atoms with Crippen LogP contribution in [0.2, 0.25) is 0 Å². The van der Waals surface area contributed by atoms with Crippen molar-refractivity contribution in [3.05, 3.63) is 52.6 Å². The minimum absolute atomic E-state index is 0.0127. The normalized spacial score (nSPS) is 16.6. The maximum absolute atomic E-state index is 13.3. The summed E-state index contributed by atoms with van der Waals surface area (Å²) in [5.74, 6) is -0.0247. The molecule has 4 rings (SSSR count). The van der Waals surface area contributed by atoms with E-state index in [9.17, 15) is 9.18 Å². The number of benzene rings is 1. The molecule has 3 aromatic rings. The zero-order valence-corrected chi connectivity index (χ0v) is 17.1. The Morgan fingerprint density at radius 2 is 1.97 bits per heavy atom. The molecule has 0 aliphatic carbocycles. The average molecular weight is 460 g/mol. The van der Waals surface area contributed by atoms with Gasteiger partial charge in [-0.05, 0) is 59.5 Å². The Kier molecular flexibility index (Phi) is 5.79. The van der Waals surface area contributed by atoms with Gasteiger partial charge in [0, 0.05) is 37.1 Å². The molecule has 1 aliphatic heterocycles. The fourth-order valence-electron chi connectivity index (χ4n) is 3.42. The number of piperidine rings is 1. The van der Waals surface area contributed by atoms with Crippen molar-refractivity contribution in [1.82, 2.24) is 30.3 Å². The summed E-state index contributed by atoms with van der Waals surface area (Å²) in [6.07, 6.45) is 6.19. The summed E-state index contributed by atoms with van der Waals surface area (Å²) >= 11 is 3.31. The van der Waals surface area contributed by atoms with Crippen LogP contribution in [0.15, 0.2) is 41.1 Å². The zero-order valence-electron chi connectivity index (χ0n) is 15.5. The molecule has 29 heavy (non-hydrogen) atoms. The van der Waals surface area contributed by atoms with Crippen LogP contribution in [0.3, 0.4) is 0 Å². The third-order valence-corrected chi connectivity index (χ3v) is 5.28. The quantitative estimate of drug-likeness (QED) is 0.607. The fourth-order valence-corrected chi connectivity index (χ4v) is 3.62. The second-order valence-corrected chi connectivity index (χ2v) is 7.70. The number of H-pyrrole nitrogens is 1. The molecule has 150 valence electrons. The Morgan fingerprint density at radius 3 is 2.72 bits per heavy atom. The number of aromatic nitrogens is 5. The van der Waals surface area contributed by atoms with Crippen molar-refractivity contribution in [1.29, 1.82) is 0 Å². The number of likely N-dealkylation sites (tertiary alicyclic amines) is 1. The Labute approximate surface area is 175 Å². The van der Waals surface area contributed by atoms with Gasteiger partial charge in [-0.25, -0.2) is 14.4 Å². The molecule has 1 fully saturated rings. The Bertz CT molecular complexity index is 977. The molecule has 2 N–H and O–H groups in total. The first-order valence-electron chi connectivity index (χ1n) is 9.31. The molecule has 0 bridgehead atoms. The number of nitrogens with zero attached hydrogens (tertiary/aromatic N) is 5. The molecule has 0 unspecified atom stereocenters. The zero-order chi connectivity index (χ0) is 20.2. The highest BCUT2D eigenvalue weighted by Crippen LogP contribution is 2.25. The van der Waals surface area contributed by atoms with Crippen molar-refractivity contribution in [2.75, 3.05) is 18.4 Å². The largest absolute Gasteiger partial charge is 0.352 e. The van der Waals surface area contributed by atoms with Gasteiger partial charge in [0.15, 0.2) is 5.69 Å². The van der Waals surface area contributed by atoms with E-state index in [-0.39, 0.29) is 23.5 Å². The summed E-state index contributed by atoms with van der Waals surface area (Å²) in [5, 5.41) is 13.9. The lowest BCUT2D eigenvalue weighted by Crippen LogP contribution is -2.47. The predicted octanol–water partition coefficient (Wildman–Crippen LogP) is 3.27. The van der Waals surface area contributed by atoms with E-state index in [1.54, 1.807) is 24.5 Å². The smallest absolute Gasteiger partial charge is 0.277 e. The summed E-state index contributed by atoms with van der Waals surface area (Å²) in [5.41, 5.74) is 1.30. The molecule has 2 aromatic heterocycles. The van der Waals surface area contributed by atoms with Crippen LogP contribution in [-0.2, 0) is 0 Å². The molecule has 0 spiro atoms. The molecule has 8 nitrogen and oxygen atoms in total. The summed E-state index contributed by atoms with van der Waals surface area (Å²) in [7, 11) is 0. The minimum Gasteiger partial charge on any atom is -0.352 e. The van der Waals surface area contributed by atoms with Gasteiger partial charge in [-0.3, -0.25) is 4.79 Å². The Balaban J connectivity index is 1.51. The number of rotatable bonds is 5. The van der Waals surface area contributed by atoms with Crippen molar-refractivity contribution in [3.8, 4) is 11.3 Å². The second kappa shape index (κ2) is 8.64. The number of carbonyl (C=O) groups is 1. The van der Waals surface area contributed by atoms with E-state index in [4.69, 9.17) is 0 Å². The number of amides is 1. The van der Waals surface area contributed by atoms with Crippen LogP contribution in [0.4, 0.5) is 10.3 Å². The van der Waals surface area contributed by atoms with Crippen molar-refractivity contribution in [3.63, 3.8) is 0 Å². The van der Waals surface area contributed by atoms with Gasteiger partial charge in [-0.1, -0.05) is 0 Å². The molecule has 0 radical (unpaired) electrons. The topological polar surface area (TPSA) is 99.7 Å². The summed E-state index contributed by atoms with van der Waals surface area (Å²) in [6, 6.07) is 5.84. The number of hydrogen-bond donors (Lipinski definition) is 2. The van der Waals surface area contributed by atoms with Gasteiger partial charge in [0.1, 0.15) is 11.5 Å². The third-order valence-electron chi connectivity index (χ3n) is 4.87. The van der Waals surface area contributed by atoms with E-state index in [0.29, 0.717) is 30.3 Å². The van der Waals surface area contributed by atoms with Crippen molar-refractivity contribution in [2.45, 2.75) is 25.3 Å². The monoisotopic (exact) mass is 459 g/mol. The van der Waals surface area contributed by atoms with Crippen LogP contribution in [0.1, 0.15) is 29.8 Å². The number of carbonyl (C=O) groups excluding carboxylic acids is 1. The molecule has 1 atom stereocenters. The number of halogens is 2.